The average Bonchev–Trinajstić information content (AvgIpc) is 3.12. The molecule has 0 saturated carbocycles. The lowest BCUT2D eigenvalue weighted by Crippen LogP contribution is -2.50. The molecule has 2 saturated heterocycles. The molecule has 0 aliphatic carbocycles. The second kappa shape index (κ2) is 6.96. The van der Waals surface area contributed by atoms with Crippen molar-refractivity contribution in [3.63, 3.8) is 0 Å². The summed E-state index contributed by atoms with van der Waals surface area (Å²) in [5, 5.41) is 10.2. The number of hydrogen-bond acceptors (Lipinski definition) is 6. The summed E-state index contributed by atoms with van der Waals surface area (Å²) in [5.74, 6) is 0.278. The summed E-state index contributed by atoms with van der Waals surface area (Å²) in [7, 11) is 3.39. The maximum absolute atomic E-state index is 13.2. The minimum Gasteiger partial charge on any atom is -0.504 e. The molecule has 2 fully saturated rings. The Labute approximate surface area is 153 Å². The largest absolute Gasteiger partial charge is 0.504 e. The van der Waals surface area contributed by atoms with Gasteiger partial charge in [-0.15, -0.1) is 0 Å². The fraction of sp³-hybridized carbons (Fsp3) is 0.632. The van der Waals surface area contributed by atoms with Crippen LogP contribution in [0.2, 0.25) is 0 Å². The van der Waals surface area contributed by atoms with Gasteiger partial charge in [0.2, 0.25) is 0 Å². The predicted octanol–water partition coefficient (Wildman–Crippen LogP) is 2.32. The average molecular weight is 362 g/mol. The van der Waals surface area contributed by atoms with Crippen LogP contribution in [0.1, 0.15) is 42.5 Å². The van der Waals surface area contributed by atoms with Crippen molar-refractivity contribution in [3.8, 4) is 11.5 Å². The first-order chi connectivity index (χ1) is 12.6. The molecule has 3 aliphatic rings. The third-order valence-electron chi connectivity index (χ3n) is 5.61. The third kappa shape index (κ3) is 2.89. The Morgan fingerprint density at radius 2 is 2.08 bits per heavy atom. The summed E-state index contributed by atoms with van der Waals surface area (Å²) in [6.45, 7) is 1.42. The van der Waals surface area contributed by atoms with Crippen molar-refractivity contribution in [1.29, 1.82) is 0 Å². The summed E-state index contributed by atoms with van der Waals surface area (Å²) in [6.07, 6.45) is 4.31. The van der Waals surface area contributed by atoms with Crippen LogP contribution in [-0.4, -0.2) is 61.8 Å². The van der Waals surface area contributed by atoms with E-state index in [4.69, 9.17) is 14.2 Å². The zero-order valence-corrected chi connectivity index (χ0v) is 15.3. The molecule has 7 nitrogen and oxygen atoms in total. The number of aromatic hydroxyl groups is 1. The maximum Gasteiger partial charge on any atom is 0.256 e. The van der Waals surface area contributed by atoms with Gasteiger partial charge >= 0.3 is 0 Å². The number of amides is 1. The van der Waals surface area contributed by atoms with Gasteiger partial charge in [0, 0.05) is 26.3 Å². The van der Waals surface area contributed by atoms with E-state index in [1.807, 2.05) is 16.8 Å². The molecule has 1 N–H and O–H groups in total. The number of likely N-dealkylation sites (N-methyl/N-ethyl adjacent to an activating group) is 1. The number of benzene rings is 1. The Morgan fingerprint density at radius 1 is 1.23 bits per heavy atom. The molecule has 1 amide bonds. The fourth-order valence-electron chi connectivity index (χ4n) is 4.23. The van der Waals surface area contributed by atoms with E-state index in [-0.39, 0.29) is 30.2 Å². The molecule has 4 rings (SSSR count). The number of phenolic OH excluding ortho intramolecular Hbond substituents is 1. The highest BCUT2D eigenvalue weighted by molar-refractivity contribution is 6.02. The van der Waals surface area contributed by atoms with Crippen molar-refractivity contribution in [3.05, 3.63) is 17.7 Å². The molecule has 3 heterocycles. The topological polar surface area (TPSA) is 71.5 Å². The van der Waals surface area contributed by atoms with Gasteiger partial charge in [0.05, 0.1) is 24.4 Å². The van der Waals surface area contributed by atoms with E-state index in [1.54, 1.807) is 12.1 Å². The Kier molecular flexibility index (Phi) is 4.67. The SMILES string of the molecule is COc1cc2c(cc1O)N(C)[C@@H](OC1CCCCO1)[C@@H]1CCCN1C2=O. The van der Waals surface area contributed by atoms with E-state index >= 15 is 0 Å². The number of ether oxygens (including phenoxy) is 3. The number of nitrogens with zero attached hydrogens (tertiary/aromatic N) is 2. The second-order valence-electron chi connectivity index (χ2n) is 7.18. The van der Waals surface area contributed by atoms with Crippen molar-refractivity contribution in [2.75, 3.05) is 32.2 Å². The lowest BCUT2D eigenvalue weighted by atomic mass is 10.1. The lowest BCUT2D eigenvalue weighted by molar-refractivity contribution is -0.195. The van der Waals surface area contributed by atoms with Crippen molar-refractivity contribution >= 4 is 11.6 Å². The first-order valence-electron chi connectivity index (χ1n) is 9.32. The van der Waals surface area contributed by atoms with Gasteiger partial charge in [-0.1, -0.05) is 0 Å². The van der Waals surface area contributed by atoms with Crippen molar-refractivity contribution in [1.82, 2.24) is 4.90 Å². The van der Waals surface area contributed by atoms with Crippen LogP contribution < -0.4 is 9.64 Å². The maximum atomic E-state index is 13.2. The number of carbonyl (C=O) groups is 1. The first-order valence-corrected chi connectivity index (χ1v) is 9.32. The molecule has 0 bridgehead atoms. The van der Waals surface area contributed by atoms with Gasteiger partial charge in [-0.25, -0.2) is 0 Å². The highest BCUT2D eigenvalue weighted by Crippen LogP contribution is 2.40. The highest BCUT2D eigenvalue weighted by Gasteiger charge is 2.43. The van der Waals surface area contributed by atoms with E-state index in [0.29, 0.717) is 30.2 Å². The first kappa shape index (κ1) is 17.4. The van der Waals surface area contributed by atoms with E-state index < -0.39 is 0 Å². The predicted molar refractivity (Wildman–Crippen MR) is 95.6 cm³/mol. The standard InChI is InChI=1S/C19H26N2O5/c1-20-14-11-15(22)16(24-2)10-12(14)18(23)21-8-5-6-13(21)19(20)26-17-7-3-4-9-25-17/h10-11,13,17,19,22H,3-9H2,1-2H3/t13-,17?,19-/m0/s1. The van der Waals surface area contributed by atoms with Crippen molar-refractivity contribution in [2.45, 2.75) is 50.7 Å². The van der Waals surface area contributed by atoms with Crippen LogP contribution in [0.15, 0.2) is 12.1 Å². The fourth-order valence-corrected chi connectivity index (χ4v) is 4.23. The van der Waals surface area contributed by atoms with E-state index in [2.05, 4.69) is 0 Å². The zero-order chi connectivity index (χ0) is 18.3. The summed E-state index contributed by atoms with van der Waals surface area (Å²) >= 11 is 0. The van der Waals surface area contributed by atoms with Crippen LogP contribution >= 0.6 is 0 Å². The van der Waals surface area contributed by atoms with E-state index in [0.717, 1.165) is 32.1 Å². The van der Waals surface area contributed by atoms with Gasteiger partial charge in [-0.05, 0) is 38.2 Å². The molecule has 7 heteroatoms. The van der Waals surface area contributed by atoms with Crippen LogP contribution in [0.5, 0.6) is 11.5 Å². The quantitative estimate of drug-likeness (QED) is 0.890. The molecule has 26 heavy (non-hydrogen) atoms. The highest BCUT2D eigenvalue weighted by atomic mass is 16.7. The third-order valence-corrected chi connectivity index (χ3v) is 5.61. The van der Waals surface area contributed by atoms with Crippen molar-refractivity contribution < 1.29 is 24.1 Å². The number of fused-ring (bicyclic) bond motifs is 2. The van der Waals surface area contributed by atoms with Crippen molar-refractivity contribution in [2.24, 2.45) is 0 Å². The second-order valence-corrected chi connectivity index (χ2v) is 7.18. The molecule has 0 aromatic heterocycles. The number of carbonyl (C=O) groups excluding carboxylic acids is 1. The monoisotopic (exact) mass is 362 g/mol. The van der Waals surface area contributed by atoms with Gasteiger partial charge in [0.1, 0.15) is 0 Å². The molecular weight excluding hydrogens is 336 g/mol. The number of methoxy groups -OCH3 is 1. The number of anilines is 1. The van der Waals surface area contributed by atoms with Gasteiger partial charge < -0.3 is 29.1 Å². The smallest absolute Gasteiger partial charge is 0.256 e. The minimum atomic E-state index is -0.307. The summed E-state index contributed by atoms with van der Waals surface area (Å²) < 4.78 is 17.3. The molecular formula is C19H26N2O5. The number of rotatable bonds is 3. The molecule has 142 valence electrons. The number of hydrogen-bond donors (Lipinski definition) is 1. The molecule has 1 aromatic carbocycles. The Morgan fingerprint density at radius 3 is 2.81 bits per heavy atom. The molecule has 3 atom stereocenters. The van der Waals surface area contributed by atoms with E-state index in [1.165, 1.54) is 7.11 Å². The zero-order valence-electron chi connectivity index (χ0n) is 15.3. The molecule has 1 unspecified atom stereocenters. The van der Waals surface area contributed by atoms with Crippen LogP contribution in [0.4, 0.5) is 5.69 Å². The van der Waals surface area contributed by atoms with E-state index in [9.17, 15) is 9.90 Å². The molecule has 0 radical (unpaired) electrons. The lowest BCUT2D eigenvalue weighted by Gasteiger charge is -2.38. The molecule has 0 spiro atoms. The van der Waals surface area contributed by atoms with Gasteiger partial charge in [0.25, 0.3) is 5.91 Å². The van der Waals surface area contributed by atoms with Crippen LogP contribution in [-0.2, 0) is 9.47 Å². The van der Waals surface area contributed by atoms with Crippen LogP contribution in [0.3, 0.4) is 0 Å². The van der Waals surface area contributed by atoms with Gasteiger partial charge in [0.15, 0.2) is 24.0 Å². The van der Waals surface area contributed by atoms with Crippen LogP contribution in [0.25, 0.3) is 0 Å². The van der Waals surface area contributed by atoms with Gasteiger partial charge in [-0.3, -0.25) is 4.79 Å². The van der Waals surface area contributed by atoms with Crippen LogP contribution in [0, 0.1) is 0 Å². The normalized spacial score (nSPS) is 28.5. The molecule has 3 aliphatic heterocycles. The summed E-state index contributed by atoms with van der Waals surface area (Å²) in [5.41, 5.74) is 1.19. The summed E-state index contributed by atoms with van der Waals surface area (Å²) in [6, 6.07) is 3.18. The Bertz CT molecular complexity index is 689. The Balaban J connectivity index is 1.73. The summed E-state index contributed by atoms with van der Waals surface area (Å²) in [4.78, 5) is 17.0. The number of phenols is 1. The Hall–Kier alpha value is -1.99. The van der Waals surface area contributed by atoms with Gasteiger partial charge in [-0.2, -0.15) is 0 Å². The minimum absolute atomic E-state index is 0.0145. The molecule has 1 aromatic rings.